The predicted molar refractivity (Wildman–Crippen MR) is 89.3 cm³/mol. The highest BCUT2D eigenvalue weighted by atomic mass is 15.3. The third kappa shape index (κ3) is 3.48. The van der Waals surface area contributed by atoms with Crippen molar-refractivity contribution in [3.05, 3.63) is 60.4 Å². The number of nitrogens with one attached hydrogen (secondary N) is 1. The van der Waals surface area contributed by atoms with Crippen LogP contribution in [0.5, 0.6) is 0 Å². The van der Waals surface area contributed by atoms with Gasteiger partial charge in [0.1, 0.15) is 12.7 Å². The average Bonchev–Trinajstić information content (AvgIpc) is 3.23. The Morgan fingerprint density at radius 2 is 2.00 bits per heavy atom. The van der Waals surface area contributed by atoms with Gasteiger partial charge in [0.05, 0.1) is 17.9 Å². The van der Waals surface area contributed by atoms with Crippen LogP contribution in [-0.2, 0) is 6.54 Å². The molecule has 0 saturated heterocycles. The lowest BCUT2D eigenvalue weighted by atomic mass is 10.1. The van der Waals surface area contributed by atoms with Gasteiger partial charge in [-0.2, -0.15) is 10.2 Å². The number of para-hydroxylation sites is 1. The lowest BCUT2D eigenvalue weighted by Gasteiger charge is -2.22. The molecule has 2 heterocycles. The van der Waals surface area contributed by atoms with Crippen molar-refractivity contribution in [2.45, 2.75) is 39.4 Å². The predicted octanol–water partition coefficient (Wildman–Crippen LogP) is 2.51. The Hall–Kier alpha value is -2.47. The molecule has 3 aromatic rings. The van der Waals surface area contributed by atoms with Crippen LogP contribution in [0.2, 0.25) is 0 Å². The lowest BCUT2D eigenvalue weighted by molar-refractivity contribution is 0.364. The minimum absolute atomic E-state index is 0.280. The van der Waals surface area contributed by atoms with Crippen molar-refractivity contribution in [1.82, 2.24) is 29.9 Å². The molecule has 120 valence electrons. The molecule has 0 radical (unpaired) electrons. The highest BCUT2D eigenvalue weighted by Crippen LogP contribution is 2.15. The molecular formula is C17H22N6. The fourth-order valence-electron chi connectivity index (χ4n) is 2.54. The van der Waals surface area contributed by atoms with Gasteiger partial charge in [-0.25, -0.2) is 9.67 Å². The highest BCUT2D eigenvalue weighted by Gasteiger charge is 2.15. The molecule has 0 aliphatic rings. The van der Waals surface area contributed by atoms with E-state index in [9.17, 15) is 0 Å². The zero-order valence-corrected chi connectivity index (χ0v) is 13.7. The molecule has 0 aliphatic carbocycles. The summed E-state index contributed by atoms with van der Waals surface area (Å²) in [4.78, 5) is 4.02. The Labute approximate surface area is 136 Å². The van der Waals surface area contributed by atoms with E-state index in [2.05, 4.69) is 59.6 Å². The largest absolute Gasteiger partial charge is 0.308 e. The number of benzene rings is 1. The third-order valence-electron chi connectivity index (χ3n) is 4.14. The normalized spacial score (nSPS) is 13.9. The van der Waals surface area contributed by atoms with Crippen LogP contribution >= 0.6 is 0 Å². The molecule has 0 fully saturated rings. The number of nitrogens with zero attached hydrogens (tertiary/aromatic N) is 5. The van der Waals surface area contributed by atoms with E-state index in [-0.39, 0.29) is 12.1 Å². The van der Waals surface area contributed by atoms with Gasteiger partial charge < -0.3 is 5.32 Å². The monoisotopic (exact) mass is 310 g/mol. The van der Waals surface area contributed by atoms with Crippen molar-refractivity contribution in [2.75, 3.05) is 0 Å². The smallest absolute Gasteiger partial charge is 0.138 e. The van der Waals surface area contributed by atoms with Crippen molar-refractivity contribution in [3.63, 3.8) is 0 Å². The van der Waals surface area contributed by atoms with E-state index in [1.807, 2.05) is 23.0 Å². The summed E-state index contributed by atoms with van der Waals surface area (Å²) in [5.41, 5.74) is 3.42. The van der Waals surface area contributed by atoms with Gasteiger partial charge in [-0.3, -0.25) is 4.68 Å². The van der Waals surface area contributed by atoms with Gasteiger partial charge in [-0.1, -0.05) is 18.2 Å². The molecule has 6 heteroatoms. The van der Waals surface area contributed by atoms with E-state index in [4.69, 9.17) is 0 Å². The second-order valence-corrected chi connectivity index (χ2v) is 5.88. The van der Waals surface area contributed by atoms with Crippen LogP contribution in [-0.4, -0.2) is 30.6 Å². The summed E-state index contributed by atoms with van der Waals surface area (Å²) in [5, 5.41) is 12.2. The maximum absolute atomic E-state index is 4.40. The Morgan fingerprint density at radius 1 is 1.17 bits per heavy atom. The average molecular weight is 310 g/mol. The molecule has 2 atom stereocenters. The van der Waals surface area contributed by atoms with Crippen molar-refractivity contribution in [3.8, 4) is 5.69 Å². The van der Waals surface area contributed by atoms with E-state index in [1.165, 1.54) is 11.1 Å². The van der Waals surface area contributed by atoms with Gasteiger partial charge in [-0.05, 0) is 38.0 Å². The molecule has 1 N–H and O–H groups in total. The van der Waals surface area contributed by atoms with Crippen LogP contribution in [0.4, 0.5) is 0 Å². The molecule has 23 heavy (non-hydrogen) atoms. The van der Waals surface area contributed by atoms with Crippen molar-refractivity contribution in [1.29, 1.82) is 0 Å². The van der Waals surface area contributed by atoms with Gasteiger partial charge in [0.15, 0.2) is 0 Å². The summed E-state index contributed by atoms with van der Waals surface area (Å²) < 4.78 is 3.80. The lowest BCUT2D eigenvalue weighted by Crippen LogP contribution is -2.33. The number of aromatic nitrogens is 5. The second kappa shape index (κ2) is 6.75. The topological polar surface area (TPSA) is 60.6 Å². The van der Waals surface area contributed by atoms with Crippen LogP contribution in [0, 0.1) is 6.92 Å². The first-order valence-electron chi connectivity index (χ1n) is 7.82. The zero-order valence-electron chi connectivity index (χ0n) is 13.7. The van der Waals surface area contributed by atoms with Gasteiger partial charge in [0.25, 0.3) is 0 Å². The molecule has 0 unspecified atom stereocenters. The highest BCUT2D eigenvalue weighted by molar-refractivity contribution is 5.39. The fourth-order valence-corrected chi connectivity index (χ4v) is 2.54. The van der Waals surface area contributed by atoms with Crippen LogP contribution in [0.15, 0.2) is 49.3 Å². The molecule has 2 aromatic heterocycles. The van der Waals surface area contributed by atoms with Crippen molar-refractivity contribution in [2.24, 2.45) is 0 Å². The van der Waals surface area contributed by atoms with Gasteiger partial charge in [0.2, 0.25) is 0 Å². The van der Waals surface area contributed by atoms with E-state index < -0.39 is 0 Å². The summed E-state index contributed by atoms with van der Waals surface area (Å²) in [7, 11) is 0. The first-order valence-corrected chi connectivity index (χ1v) is 7.82. The Bertz CT molecular complexity index is 746. The van der Waals surface area contributed by atoms with Crippen LogP contribution in [0.25, 0.3) is 5.69 Å². The molecule has 0 amide bonds. The molecule has 0 spiro atoms. The Kier molecular flexibility index (Phi) is 4.52. The van der Waals surface area contributed by atoms with Gasteiger partial charge >= 0.3 is 0 Å². The molecule has 3 rings (SSSR count). The van der Waals surface area contributed by atoms with Gasteiger partial charge in [-0.15, -0.1) is 0 Å². The first-order chi connectivity index (χ1) is 11.1. The zero-order chi connectivity index (χ0) is 16.2. The number of aryl methyl sites for hydroxylation is 1. The summed E-state index contributed by atoms with van der Waals surface area (Å²) in [6.45, 7) is 7.18. The fraction of sp³-hybridized carbons (Fsp3) is 0.353. The Balaban J connectivity index is 1.69. The standard InChI is InChI=1S/C17H22N6/c1-13-8-20-22(10-13)15(3)14(2)19-9-16-6-4-5-7-17(16)23-12-18-11-21-23/h4-8,10-12,14-15,19H,9H2,1-3H3/t14-,15-/m1/s1. The number of hydrogen-bond donors (Lipinski definition) is 1. The summed E-state index contributed by atoms with van der Waals surface area (Å²) in [5.74, 6) is 0. The van der Waals surface area contributed by atoms with Crippen molar-refractivity contribution >= 4 is 0 Å². The summed E-state index contributed by atoms with van der Waals surface area (Å²) >= 11 is 0. The maximum Gasteiger partial charge on any atom is 0.138 e. The quantitative estimate of drug-likeness (QED) is 0.760. The molecule has 1 aromatic carbocycles. The molecule has 0 saturated carbocycles. The molecule has 0 bridgehead atoms. The minimum Gasteiger partial charge on any atom is -0.308 e. The van der Waals surface area contributed by atoms with Crippen LogP contribution in [0.3, 0.4) is 0 Å². The Morgan fingerprint density at radius 3 is 2.70 bits per heavy atom. The van der Waals surface area contributed by atoms with E-state index in [0.29, 0.717) is 0 Å². The molecular weight excluding hydrogens is 288 g/mol. The first kappa shape index (κ1) is 15.4. The molecule has 0 aliphatic heterocycles. The third-order valence-corrected chi connectivity index (χ3v) is 4.14. The van der Waals surface area contributed by atoms with Crippen LogP contribution in [0.1, 0.15) is 31.0 Å². The van der Waals surface area contributed by atoms with E-state index in [0.717, 1.165) is 12.2 Å². The summed E-state index contributed by atoms with van der Waals surface area (Å²) in [6, 6.07) is 8.79. The van der Waals surface area contributed by atoms with Gasteiger partial charge in [0, 0.05) is 18.8 Å². The van der Waals surface area contributed by atoms with Crippen molar-refractivity contribution < 1.29 is 0 Å². The van der Waals surface area contributed by atoms with E-state index in [1.54, 1.807) is 17.3 Å². The second-order valence-electron chi connectivity index (χ2n) is 5.88. The maximum atomic E-state index is 4.40. The van der Waals surface area contributed by atoms with E-state index >= 15 is 0 Å². The van der Waals surface area contributed by atoms with Crippen LogP contribution < -0.4 is 5.32 Å². The number of rotatable bonds is 6. The SMILES string of the molecule is Cc1cnn([C@H](C)[C@@H](C)NCc2ccccc2-n2cncn2)c1. The minimum atomic E-state index is 0.280. The summed E-state index contributed by atoms with van der Waals surface area (Å²) in [6.07, 6.45) is 7.24. The molecule has 6 nitrogen and oxygen atoms in total. The number of hydrogen-bond acceptors (Lipinski definition) is 4.